The number of nitrogens with one attached hydrogen (secondary N) is 2. The average Bonchev–Trinajstić information content (AvgIpc) is 3.18. The van der Waals surface area contributed by atoms with E-state index < -0.39 is 24.2 Å². The van der Waals surface area contributed by atoms with Crippen molar-refractivity contribution >= 4 is 17.4 Å². The molecule has 6 nitrogen and oxygen atoms in total. The lowest BCUT2D eigenvalue weighted by molar-refractivity contribution is -0.173. The van der Waals surface area contributed by atoms with E-state index in [1.807, 2.05) is 19.1 Å². The maximum atomic E-state index is 13.8. The van der Waals surface area contributed by atoms with Gasteiger partial charge < -0.3 is 15.4 Å². The summed E-state index contributed by atoms with van der Waals surface area (Å²) in [5.74, 6) is 0.191. The Morgan fingerprint density at radius 1 is 1.19 bits per heavy atom. The summed E-state index contributed by atoms with van der Waals surface area (Å²) >= 11 is 0. The number of halogens is 3. The zero-order valence-electron chi connectivity index (χ0n) is 16.9. The molecule has 0 bridgehead atoms. The van der Waals surface area contributed by atoms with Gasteiger partial charge in [-0.05, 0) is 36.2 Å². The highest BCUT2D eigenvalue weighted by Crippen LogP contribution is 2.43. The molecule has 0 spiro atoms. The summed E-state index contributed by atoms with van der Waals surface area (Å²) in [6.07, 6.45) is -4.76. The van der Waals surface area contributed by atoms with Crippen molar-refractivity contribution in [2.24, 2.45) is 0 Å². The van der Waals surface area contributed by atoms with E-state index in [9.17, 15) is 18.0 Å². The van der Waals surface area contributed by atoms with Crippen LogP contribution in [0.2, 0.25) is 0 Å². The Balaban J connectivity index is 1.64. The number of benzene rings is 2. The lowest BCUT2D eigenvalue weighted by Crippen LogP contribution is -2.35. The van der Waals surface area contributed by atoms with Crippen molar-refractivity contribution in [2.75, 3.05) is 17.7 Å². The third-order valence-corrected chi connectivity index (χ3v) is 5.33. The van der Waals surface area contributed by atoms with E-state index >= 15 is 0 Å². The maximum absolute atomic E-state index is 13.8. The highest BCUT2D eigenvalue weighted by atomic mass is 19.4. The predicted molar refractivity (Wildman–Crippen MR) is 110 cm³/mol. The molecule has 2 N–H and O–H groups in total. The Hall–Kier alpha value is -3.49. The van der Waals surface area contributed by atoms with Crippen LogP contribution in [-0.2, 0) is 0 Å². The van der Waals surface area contributed by atoms with Crippen molar-refractivity contribution in [2.45, 2.75) is 31.6 Å². The van der Waals surface area contributed by atoms with Crippen LogP contribution in [0.4, 0.5) is 24.7 Å². The van der Waals surface area contributed by atoms with Crippen LogP contribution in [0, 0.1) is 6.92 Å². The molecule has 0 radical (unpaired) electrons. The van der Waals surface area contributed by atoms with Crippen molar-refractivity contribution in [3.05, 3.63) is 71.4 Å². The van der Waals surface area contributed by atoms with Crippen molar-refractivity contribution in [1.82, 2.24) is 9.78 Å². The Kier molecular flexibility index (Phi) is 5.34. The van der Waals surface area contributed by atoms with Crippen LogP contribution in [0.15, 0.2) is 54.6 Å². The number of carbonyl (C=O) groups excluding carboxylic acids is 1. The summed E-state index contributed by atoms with van der Waals surface area (Å²) in [7, 11) is 1.52. The first-order valence-corrected chi connectivity index (χ1v) is 9.70. The zero-order chi connectivity index (χ0) is 22.2. The molecule has 1 aromatic heterocycles. The number of fused-ring (bicyclic) bond motifs is 1. The van der Waals surface area contributed by atoms with E-state index in [1.54, 1.807) is 36.4 Å². The quantitative estimate of drug-likeness (QED) is 0.603. The van der Waals surface area contributed by atoms with Gasteiger partial charge in [-0.1, -0.05) is 30.3 Å². The van der Waals surface area contributed by atoms with Crippen LogP contribution in [0.25, 0.3) is 0 Å². The fourth-order valence-corrected chi connectivity index (χ4v) is 3.64. The predicted octanol–water partition coefficient (Wildman–Crippen LogP) is 5.11. The van der Waals surface area contributed by atoms with E-state index in [2.05, 4.69) is 15.7 Å². The number of amides is 1. The van der Waals surface area contributed by atoms with E-state index in [0.717, 1.165) is 10.2 Å². The van der Waals surface area contributed by atoms with Crippen LogP contribution in [-0.4, -0.2) is 29.0 Å². The van der Waals surface area contributed by atoms with Crippen LogP contribution in [0.5, 0.6) is 5.75 Å². The second-order valence-corrected chi connectivity index (χ2v) is 7.39. The molecule has 0 saturated heterocycles. The van der Waals surface area contributed by atoms with Gasteiger partial charge >= 0.3 is 6.18 Å². The standard InChI is InChI=1S/C22H21F3N4O2/c1-13-5-3-4-6-16(13)27-21(30)18-12-20-26-17(14-7-9-15(31-2)10-8-14)11-19(22(23,24)25)29(20)28-18/h3-10,12,17,19,26H,11H2,1-2H3,(H,27,30)/t17-,19-/m0/s1. The molecule has 1 aliphatic rings. The Morgan fingerprint density at radius 3 is 2.55 bits per heavy atom. The van der Waals surface area contributed by atoms with E-state index in [0.29, 0.717) is 17.0 Å². The molecule has 4 rings (SSSR count). The largest absolute Gasteiger partial charge is 0.497 e. The summed E-state index contributed by atoms with van der Waals surface area (Å²) in [4.78, 5) is 12.7. The zero-order valence-corrected chi connectivity index (χ0v) is 16.9. The maximum Gasteiger partial charge on any atom is 0.410 e. The number of hydrogen-bond acceptors (Lipinski definition) is 4. The smallest absolute Gasteiger partial charge is 0.410 e. The van der Waals surface area contributed by atoms with Crippen molar-refractivity contribution < 1.29 is 22.7 Å². The van der Waals surface area contributed by atoms with Gasteiger partial charge in [0.1, 0.15) is 11.6 Å². The number of alkyl halides is 3. The summed E-state index contributed by atoms with van der Waals surface area (Å²) in [5.41, 5.74) is 2.02. The van der Waals surface area contributed by atoms with E-state index in [1.165, 1.54) is 13.2 Å². The van der Waals surface area contributed by atoms with E-state index in [4.69, 9.17) is 4.74 Å². The molecule has 2 heterocycles. The fourth-order valence-electron chi connectivity index (χ4n) is 3.64. The summed E-state index contributed by atoms with van der Waals surface area (Å²) < 4.78 is 47.5. The minimum atomic E-state index is -4.52. The highest BCUT2D eigenvalue weighted by Gasteiger charge is 2.46. The molecule has 1 aliphatic heterocycles. The fraction of sp³-hybridized carbons (Fsp3) is 0.273. The molecule has 0 aliphatic carbocycles. The van der Waals surface area contributed by atoms with Crippen molar-refractivity contribution in [3.8, 4) is 5.75 Å². The summed E-state index contributed by atoms with van der Waals surface area (Å²) in [5, 5.41) is 9.77. The van der Waals surface area contributed by atoms with Crippen LogP contribution >= 0.6 is 0 Å². The minimum Gasteiger partial charge on any atom is -0.497 e. The van der Waals surface area contributed by atoms with Crippen LogP contribution < -0.4 is 15.4 Å². The van der Waals surface area contributed by atoms with Crippen LogP contribution in [0.1, 0.15) is 40.1 Å². The third kappa shape index (κ3) is 4.21. The molecule has 2 atom stereocenters. The molecule has 2 aromatic carbocycles. The number of ether oxygens (including phenoxy) is 1. The second-order valence-electron chi connectivity index (χ2n) is 7.39. The van der Waals surface area contributed by atoms with Gasteiger partial charge in [-0.15, -0.1) is 0 Å². The number of hydrogen-bond donors (Lipinski definition) is 2. The van der Waals surface area contributed by atoms with Crippen LogP contribution in [0.3, 0.4) is 0 Å². The van der Waals surface area contributed by atoms with Gasteiger partial charge in [-0.2, -0.15) is 18.3 Å². The summed E-state index contributed by atoms with van der Waals surface area (Å²) in [6.45, 7) is 1.83. The van der Waals surface area contributed by atoms with Gasteiger partial charge in [0.2, 0.25) is 0 Å². The second kappa shape index (κ2) is 7.98. The molecular formula is C22H21F3N4O2. The number of anilines is 2. The first-order valence-electron chi connectivity index (χ1n) is 9.70. The Morgan fingerprint density at radius 2 is 1.90 bits per heavy atom. The lowest BCUT2D eigenvalue weighted by atomic mass is 9.97. The van der Waals surface area contributed by atoms with Gasteiger partial charge in [0, 0.05) is 18.2 Å². The lowest BCUT2D eigenvalue weighted by Gasteiger charge is -2.33. The monoisotopic (exact) mass is 430 g/mol. The van der Waals surface area contributed by atoms with Gasteiger partial charge in [0.25, 0.3) is 5.91 Å². The van der Waals surface area contributed by atoms with Gasteiger partial charge in [-0.25, -0.2) is 4.68 Å². The number of carbonyl (C=O) groups is 1. The number of aromatic nitrogens is 2. The Bertz CT molecular complexity index is 1090. The minimum absolute atomic E-state index is 0.0876. The number of nitrogens with zero attached hydrogens (tertiary/aromatic N) is 2. The van der Waals surface area contributed by atoms with Gasteiger partial charge in [0.05, 0.1) is 13.2 Å². The van der Waals surface area contributed by atoms with Gasteiger partial charge in [-0.3, -0.25) is 4.79 Å². The molecule has 0 saturated carbocycles. The first-order chi connectivity index (χ1) is 14.8. The highest BCUT2D eigenvalue weighted by molar-refractivity contribution is 6.03. The number of aryl methyl sites for hydroxylation is 1. The third-order valence-electron chi connectivity index (χ3n) is 5.33. The summed E-state index contributed by atoms with van der Waals surface area (Å²) in [6, 6.07) is 12.9. The molecule has 31 heavy (non-hydrogen) atoms. The molecule has 3 aromatic rings. The molecule has 0 unspecified atom stereocenters. The Labute approximate surface area is 177 Å². The topological polar surface area (TPSA) is 68.2 Å². The molecule has 0 fully saturated rings. The molecule has 162 valence electrons. The van der Waals surface area contributed by atoms with Crippen molar-refractivity contribution in [3.63, 3.8) is 0 Å². The first kappa shape index (κ1) is 20.8. The number of rotatable bonds is 4. The van der Waals surface area contributed by atoms with E-state index in [-0.39, 0.29) is 17.9 Å². The molecular weight excluding hydrogens is 409 g/mol. The molecule has 1 amide bonds. The normalized spacial score (nSPS) is 18.1. The number of methoxy groups -OCH3 is 1. The average molecular weight is 430 g/mol. The van der Waals surface area contributed by atoms with Crippen molar-refractivity contribution in [1.29, 1.82) is 0 Å². The molecule has 9 heteroatoms. The van der Waals surface area contributed by atoms with Gasteiger partial charge in [0.15, 0.2) is 11.7 Å². The number of para-hydroxylation sites is 1. The SMILES string of the molecule is COc1ccc([C@@H]2C[C@@H](C(F)(F)F)n3nc(C(=O)Nc4ccccc4C)cc3N2)cc1.